The summed E-state index contributed by atoms with van der Waals surface area (Å²) in [6.45, 7) is 0.745. The maximum Gasteiger partial charge on any atom is 0.509 e. The van der Waals surface area contributed by atoms with E-state index in [1.54, 1.807) is 0 Å². The summed E-state index contributed by atoms with van der Waals surface area (Å²) in [5.41, 5.74) is 0. The van der Waals surface area contributed by atoms with Crippen molar-refractivity contribution in [1.82, 2.24) is 5.32 Å². The zero-order chi connectivity index (χ0) is 5.98. The Morgan fingerprint density at radius 1 is 1.88 bits per heavy atom. The predicted octanol–water partition coefficient (Wildman–Crippen LogP) is -0.301. The molecule has 1 aliphatic rings. The Morgan fingerprint density at radius 3 is 2.88 bits per heavy atom. The average Bonchev–Trinajstić information content (AvgIpc) is 2.50. The smallest absolute Gasteiger partial charge is 0.438 e. The Bertz CT molecular complexity index is 99.5. The van der Waals surface area contributed by atoms with Crippen molar-refractivity contribution < 1.29 is 14.3 Å². The van der Waals surface area contributed by atoms with Crippen LogP contribution in [0.1, 0.15) is 0 Å². The molecule has 0 amide bonds. The van der Waals surface area contributed by atoms with Crippen LogP contribution in [0.15, 0.2) is 0 Å². The second-order valence-electron chi connectivity index (χ2n) is 1.47. The molecule has 1 fully saturated rings. The molecule has 0 bridgehead atoms. The Morgan fingerprint density at radius 2 is 2.50 bits per heavy atom. The molecule has 0 aromatic carbocycles. The average molecular weight is 117 g/mol. The van der Waals surface area contributed by atoms with Crippen molar-refractivity contribution in [3.63, 3.8) is 0 Å². The largest absolute Gasteiger partial charge is 0.509 e. The molecule has 0 aliphatic carbocycles. The topological polar surface area (TPSA) is 57.5 Å². The Labute approximate surface area is 46.8 Å². The van der Waals surface area contributed by atoms with Gasteiger partial charge in [-0.05, 0) is 0 Å². The van der Waals surface area contributed by atoms with Crippen molar-refractivity contribution in [2.45, 2.75) is 6.23 Å². The summed E-state index contributed by atoms with van der Waals surface area (Å²) in [5, 5.41) is 2.78. The molecule has 1 unspecified atom stereocenters. The van der Waals surface area contributed by atoms with Gasteiger partial charge in [-0.25, -0.2) is 4.79 Å². The molecule has 1 N–H and O–H groups in total. The van der Waals surface area contributed by atoms with Gasteiger partial charge in [-0.2, -0.15) is 0 Å². The van der Waals surface area contributed by atoms with Gasteiger partial charge >= 0.3 is 6.16 Å². The molecule has 0 saturated carbocycles. The van der Waals surface area contributed by atoms with Crippen LogP contribution in [0, 0.1) is 0 Å². The van der Waals surface area contributed by atoms with Gasteiger partial charge in [-0.3, -0.25) is 5.32 Å². The van der Waals surface area contributed by atoms with E-state index in [2.05, 4.69) is 14.8 Å². The molecule has 1 aliphatic heterocycles. The van der Waals surface area contributed by atoms with E-state index >= 15 is 0 Å². The van der Waals surface area contributed by atoms with E-state index in [4.69, 9.17) is 0 Å². The van der Waals surface area contributed by atoms with Gasteiger partial charge in [0.25, 0.3) is 0 Å². The van der Waals surface area contributed by atoms with Crippen LogP contribution in [0.5, 0.6) is 0 Å². The van der Waals surface area contributed by atoms with Crippen LogP contribution in [0.25, 0.3) is 0 Å². The van der Waals surface area contributed by atoms with Gasteiger partial charge in [0.05, 0.1) is 7.11 Å². The first-order valence-electron chi connectivity index (χ1n) is 2.31. The minimum Gasteiger partial charge on any atom is -0.438 e. The number of nitrogens with one attached hydrogen (secondary N) is 1. The van der Waals surface area contributed by atoms with Crippen LogP contribution in [0.2, 0.25) is 0 Å². The molecule has 8 heavy (non-hydrogen) atoms. The van der Waals surface area contributed by atoms with Crippen LogP contribution in [0.4, 0.5) is 4.79 Å². The van der Waals surface area contributed by atoms with E-state index < -0.39 is 6.16 Å². The summed E-state index contributed by atoms with van der Waals surface area (Å²) < 4.78 is 8.74. The fraction of sp³-hybridized carbons (Fsp3) is 0.750. The maximum atomic E-state index is 10.2. The van der Waals surface area contributed by atoms with Gasteiger partial charge in [-0.1, -0.05) is 0 Å². The summed E-state index contributed by atoms with van der Waals surface area (Å²) in [4.78, 5) is 10.2. The second-order valence-corrected chi connectivity index (χ2v) is 1.47. The van der Waals surface area contributed by atoms with Crippen molar-refractivity contribution >= 4 is 6.16 Å². The standard InChI is InChI=1S/C4H7NO3/c1-7-4(6)8-3-2-5-3/h3,5H,2H2,1H3. The molecule has 0 radical (unpaired) electrons. The third-order valence-electron chi connectivity index (χ3n) is 0.776. The summed E-state index contributed by atoms with van der Waals surface area (Å²) in [7, 11) is 1.28. The number of hydrogen-bond acceptors (Lipinski definition) is 4. The highest BCUT2D eigenvalue weighted by atomic mass is 16.7. The van der Waals surface area contributed by atoms with Crippen molar-refractivity contribution in [2.75, 3.05) is 13.7 Å². The number of rotatable bonds is 1. The molecular weight excluding hydrogens is 110 g/mol. The van der Waals surface area contributed by atoms with E-state index in [0.717, 1.165) is 6.54 Å². The second kappa shape index (κ2) is 2.00. The van der Waals surface area contributed by atoms with Crippen LogP contribution in [-0.4, -0.2) is 26.0 Å². The Hall–Kier alpha value is -0.770. The van der Waals surface area contributed by atoms with Crippen molar-refractivity contribution in [3.8, 4) is 0 Å². The third-order valence-corrected chi connectivity index (χ3v) is 0.776. The predicted molar refractivity (Wildman–Crippen MR) is 25.3 cm³/mol. The summed E-state index contributed by atoms with van der Waals surface area (Å²) >= 11 is 0. The van der Waals surface area contributed by atoms with Crippen LogP contribution in [0.3, 0.4) is 0 Å². The van der Waals surface area contributed by atoms with Gasteiger partial charge in [0.2, 0.25) is 0 Å². The molecule has 0 aromatic heterocycles. The first-order chi connectivity index (χ1) is 3.83. The van der Waals surface area contributed by atoms with E-state index in [9.17, 15) is 4.79 Å². The van der Waals surface area contributed by atoms with Gasteiger partial charge in [0.15, 0.2) is 6.23 Å². The quantitative estimate of drug-likeness (QED) is 0.378. The van der Waals surface area contributed by atoms with Gasteiger partial charge in [0.1, 0.15) is 0 Å². The number of ether oxygens (including phenoxy) is 2. The summed E-state index contributed by atoms with van der Waals surface area (Å²) in [6, 6.07) is 0. The number of methoxy groups -OCH3 is 1. The first-order valence-corrected chi connectivity index (χ1v) is 2.31. The molecule has 1 atom stereocenters. The van der Waals surface area contributed by atoms with E-state index in [-0.39, 0.29) is 6.23 Å². The fourth-order valence-corrected chi connectivity index (χ4v) is 0.296. The summed E-state index contributed by atoms with van der Waals surface area (Å²) in [6.07, 6.45) is -0.720. The SMILES string of the molecule is COC(=O)OC1CN1. The molecule has 1 heterocycles. The lowest BCUT2D eigenvalue weighted by Gasteiger charge is -1.95. The highest BCUT2D eigenvalue weighted by Crippen LogP contribution is 1.99. The highest BCUT2D eigenvalue weighted by molar-refractivity contribution is 5.60. The monoisotopic (exact) mass is 117 g/mol. The summed E-state index contributed by atoms with van der Waals surface area (Å²) in [5.74, 6) is 0. The zero-order valence-electron chi connectivity index (χ0n) is 4.51. The number of hydrogen-bond donors (Lipinski definition) is 1. The molecule has 4 nitrogen and oxygen atoms in total. The molecule has 0 spiro atoms. The maximum absolute atomic E-state index is 10.2. The molecule has 1 rings (SSSR count). The number of carbonyl (C=O) groups is 1. The van der Waals surface area contributed by atoms with Crippen molar-refractivity contribution in [3.05, 3.63) is 0 Å². The van der Waals surface area contributed by atoms with Crippen molar-refractivity contribution in [2.24, 2.45) is 0 Å². The Balaban J connectivity index is 2.07. The number of carbonyl (C=O) groups excluding carboxylic acids is 1. The minimum atomic E-state index is -0.625. The van der Waals surface area contributed by atoms with Crippen LogP contribution in [-0.2, 0) is 9.47 Å². The lowest BCUT2D eigenvalue weighted by Crippen LogP contribution is -2.08. The lowest BCUT2D eigenvalue weighted by molar-refractivity contribution is 0.0656. The minimum absolute atomic E-state index is 0.0950. The molecular formula is C4H7NO3. The van der Waals surface area contributed by atoms with Gasteiger partial charge in [-0.15, -0.1) is 0 Å². The molecule has 0 aromatic rings. The third kappa shape index (κ3) is 1.38. The van der Waals surface area contributed by atoms with Crippen molar-refractivity contribution in [1.29, 1.82) is 0 Å². The van der Waals surface area contributed by atoms with Gasteiger partial charge in [0, 0.05) is 6.54 Å². The highest BCUT2D eigenvalue weighted by Gasteiger charge is 2.24. The fourth-order valence-electron chi connectivity index (χ4n) is 0.296. The Kier molecular flexibility index (Phi) is 1.34. The molecule has 1 saturated heterocycles. The molecule has 4 heteroatoms. The zero-order valence-corrected chi connectivity index (χ0v) is 4.51. The van der Waals surface area contributed by atoms with Crippen LogP contribution < -0.4 is 5.32 Å². The van der Waals surface area contributed by atoms with Crippen LogP contribution >= 0.6 is 0 Å². The van der Waals surface area contributed by atoms with E-state index in [1.807, 2.05) is 0 Å². The lowest BCUT2D eigenvalue weighted by atomic mass is 10.9. The normalized spacial score (nSPS) is 24.4. The van der Waals surface area contributed by atoms with E-state index in [1.165, 1.54) is 7.11 Å². The van der Waals surface area contributed by atoms with Gasteiger partial charge < -0.3 is 9.47 Å². The first kappa shape index (κ1) is 5.37. The molecule has 46 valence electrons. The van der Waals surface area contributed by atoms with E-state index in [0.29, 0.717) is 0 Å².